The quantitative estimate of drug-likeness (QED) is 0.524. The van der Waals surface area contributed by atoms with Gasteiger partial charge >= 0.3 is 0 Å². The van der Waals surface area contributed by atoms with Crippen molar-refractivity contribution in [2.45, 2.75) is 37.0 Å². The molecule has 0 bridgehead atoms. The monoisotopic (exact) mass is 450 g/mol. The average molecular weight is 451 g/mol. The molecule has 164 valence electrons. The van der Waals surface area contributed by atoms with Crippen LogP contribution in [0, 0.1) is 12.7 Å². The number of carbonyl (C=O) groups is 1. The molecule has 7 heteroatoms. The summed E-state index contributed by atoms with van der Waals surface area (Å²) in [6, 6.07) is 19.8. The first-order valence-corrected chi connectivity index (χ1v) is 11.9. The maximum atomic E-state index is 13.1. The number of aryl methyl sites for hydroxylation is 1. The maximum absolute atomic E-state index is 13.1. The zero-order valence-electron chi connectivity index (χ0n) is 17.8. The molecule has 1 aliphatic heterocycles. The fourth-order valence-electron chi connectivity index (χ4n) is 3.76. The summed E-state index contributed by atoms with van der Waals surface area (Å²) >= 11 is 0. The van der Waals surface area contributed by atoms with Crippen molar-refractivity contribution >= 4 is 21.5 Å². The fraction of sp³-hybridized carbons (Fsp3) is 0.200. The Kier molecular flexibility index (Phi) is 5.93. The highest BCUT2D eigenvalue weighted by atomic mass is 32.2. The van der Waals surface area contributed by atoms with Crippen LogP contribution in [0.5, 0.6) is 0 Å². The second kappa shape index (κ2) is 8.67. The first-order valence-electron chi connectivity index (χ1n) is 10.2. The normalized spacial score (nSPS) is 16.2. The summed E-state index contributed by atoms with van der Waals surface area (Å²) in [5.41, 5.74) is 4.41. The van der Waals surface area contributed by atoms with Crippen molar-refractivity contribution in [2.75, 3.05) is 0 Å². The van der Waals surface area contributed by atoms with Gasteiger partial charge in [0.15, 0.2) is 9.84 Å². The lowest BCUT2D eigenvalue weighted by Crippen LogP contribution is -2.24. The van der Waals surface area contributed by atoms with E-state index < -0.39 is 15.7 Å². The van der Waals surface area contributed by atoms with Crippen LogP contribution < -0.4 is 0 Å². The molecule has 5 nitrogen and oxygen atoms in total. The van der Waals surface area contributed by atoms with Crippen LogP contribution in [0.4, 0.5) is 4.39 Å². The number of hydrogen-bond acceptors (Lipinski definition) is 4. The van der Waals surface area contributed by atoms with Crippen LogP contribution in [0.25, 0.3) is 0 Å². The molecule has 0 spiro atoms. The Morgan fingerprint density at radius 2 is 1.62 bits per heavy atom. The van der Waals surface area contributed by atoms with Gasteiger partial charge in [-0.25, -0.2) is 17.8 Å². The minimum Gasteiger partial charge on any atom is -0.273 e. The number of benzene rings is 3. The molecule has 1 aliphatic rings. The van der Waals surface area contributed by atoms with Crippen LogP contribution in [-0.2, 0) is 20.4 Å². The molecule has 0 saturated carbocycles. The van der Waals surface area contributed by atoms with Crippen molar-refractivity contribution < 1.29 is 17.6 Å². The largest absolute Gasteiger partial charge is 0.273 e. The number of halogens is 1. The van der Waals surface area contributed by atoms with E-state index in [0.717, 1.165) is 34.5 Å². The first-order chi connectivity index (χ1) is 15.2. The van der Waals surface area contributed by atoms with Crippen LogP contribution >= 0.6 is 0 Å². The lowest BCUT2D eigenvalue weighted by molar-refractivity contribution is -0.130. The van der Waals surface area contributed by atoms with Crippen molar-refractivity contribution in [3.8, 4) is 0 Å². The number of rotatable bonds is 5. The van der Waals surface area contributed by atoms with Crippen molar-refractivity contribution in [3.63, 3.8) is 0 Å². The molecule has 1 unspecified atom stereocenters. The topological polar surface area (TPSA) is 66.8 Å². The van der Waals surface area contributed by atoms with E-state index in [1.807, 2.05) is 43.3 Å². The van der Waals surface area contributed by atoms with Crippen LogP contribution in [-0.4, -0.2) is 25.0 Å². The van der Waals surface area contributed by atoms with Gasteiger partial charge in [-0.1, -0.05) is 54.1 Å². The predicted octanol–water partition coefficient (Wildman–Crippen LogP) is 4.81. The average Bonchev–Trinajstić information content (AvgIpc) is 3.21. The molecule has 3 aromatic carbocycles. The molecule has 1 atom stereocenters. The number of hydrogen-bond donors (Lipinski definition) is 0. The second-order valence-corrected chi connectivity index (χ2v) is 9.94. The summed E-state index contributed by atoms with van der Waals surface area (Å²) in [7, 11) is -3.58. The Morgan fingerprint density at radius 3 is 2.22 bits per heavy atom. The highest BCUT2D eigenvalue weighted by Gasteiger charge is 2.31. The Labute approximate surface area is 187 Å². The zero-order valence-corrected chi connectivity index (χ0v) is 18.6. The van der Waals surface area contributed by atoms with E-state index in [4.69, 9.17) is 0 Å². The predicted molar refractivity (Wildman–Crippen MR) is 121 cm³/mol. The summed E-state index contributed by atoms with van der Waals surface area (Å²) in [4.78, 5) is 12.3. The third kappa shape index (κ3) is 4.62. The van der Waals surface area contributed by atoms with E-state index in [9.17, 15) is 17.6 Å². The number of amides is 1. The molecule has 0 aliphatic carbocycles. The van der Waals surface area contributed by atoms with Gasteiger partial charge in [-0.05, 0) is 47.9 Å². The van der Waals surface area contributed by atoms with Crippen molar-refractivity contribution in [3.05, 3.63) is 101 Å². The molecule has 1 amide bonds. The number of nitrogens with zero attached hydrogens (tertiary/aromatic N) is 2. The SMILES string of the molecule is CC(=O)N1N=C(c2ccc(CS(=O)(=O)c3ccc(F)cc3)cc2)CC1c1ccc(C)cc1. The van der Waals surface area contributed by atoms with Gasteiger partial charge in [-0.2, -0.15) is 5.10 Å². The summed E-state index contributed by atoms with van der Waals surface area (Å²) < 4.78 is 38.3. The lowest BCUT2D eigenvalue weighted by Gasteiger charge is -2.20. The van der Waals surface area contributed by atoms with Gasteiger partial charge in [0.25, 0.3) is 0 Å². The van der Waals surface area contributed by atoms with E-state index in [1.165, 1.54) is 24.1 Å². The molecule has 32 heavy (non-hydrogen) atoms. The molecule has 1 heterocycles. The van der Waals surface area contributed by atoms with E-state index in [0.29, 0.717) is 12.0 Å². The summed E-state index contributed by atoms with van der Waals surface area (Å²) in [6.45, 7) is 3.51. The molecular weight excluding hydrogens is 427 g/mol. The Balaban J connectivity index is 1.53. The Morgan fingerprint density at radius 1 is 1.00 bits per heavy atom. The van der Waals surface area contributed by atoms with Crippen molar-refractivity contribution in [1.29, 1.82) is 0 Å². The number of carbonyl (C=O) groups excluding carboxylic acids is 1. The van der Waals surface area contributed by atoms with Crippen LogP contribution in [0.3, 0.4) is 0 Å². The molecule has 4 rings (SSSR count). The molecule has 0 saturated heterocycles. The Hall–Kier alpha value is -3.32. The lowest BCUT2D eigenvalue weighted by atomic mass is 9.97. The highest BCUT2D eigenvalue weighted by Crippen LogP contribution is 2.33. The van der Waals surface area contributed by atoms with E-state index in [-0.39, 0.29) is 22.6 Å². The Bertz CT molecular complexity index is 1270. The molecule has 3 aromatic rings. The second-order valence-electron chi connectivity index (χ2n) is 7.95. The van der Waals surface area contributed by atoms with Crippen molar-refractivity contribution in [2.24, 2.45) is 5.10 Å². The third-order valence-electron chi connectivity index (χ3n) is 5.51. The summed E-state index contributed by atoms with van der Waals surface area (Å²) in [5, 5.41) is 6.05. The van der Waals surface area contributed by atoms with Gasteiger partial charge in [-0.3, -0.25) is 4.79 Å². The summed E-state index contributed by atoms with van der Waals surface area (Å²) in [6.07, 6.45) is 0.579. The van der Waals surface area contributed by atoms with E-state index in [2.05, 4.69) is 5.10 Å². The number of sulfone groups is 1. The minimum atomic E-state index is -3.58. The summed E-state index contributed by atoms with van der Waals surface area (Å²) in [5.74, 6) is -0.793. The smallest absolute Gasteiger partial charge is 0.240 e. The van der Waals surface area contributed by atoms with Gasteiger partial charge in [0, 0.05) is 13.3 Å². The number of hydrazone groups is 1. The standard InChI is InChI=1S/C25H23FN2O3S/c1-17-3-7-21(8-4-17)25-15-24(27-28(25)18(2)29)20-9-5-19(6-10-20)16-32(30,31)23-13-11-22(26)12-14-23/h3-14,25H,15-16H2,1-2H3. The minimum absolute atomic E-state index is 0.0844. The molecule has 0 N–H and O–H groups in total. The van der Waals surface area contributed by atoms with Gasteiger partial charge in [0.1, 0.15) is 5.82 Å². The molecular formula is C25H23FN2O3S. The van der Waals surface area contributed by atoms with Crippen LogP contribution in [0.2, 0.25) is 0 Å². The molecule has 0 fully saturated rings. The van der Waals surface area contributed by atoms with Crippen molar-refractivity contribution in [1.82, 2.24) is 5.01 Å². The van der Waals surface area contributed by atoms with Gasteiger partial charge in [-0.15, -0.1) is 0 Å². The van der Waals surface area contributed by atoms with Gasteiger partial charge in [0.05, 0.1) is 22.4 Å². The van der Waals surface area contributed by atoms with Crippen LogP contribution in [0.1, 0.15) is 41.6 Å². The molecule has 0 radical (unpaired) electrons. The van der Waals surface area contributed by atoms with E-state index in [1.54, 1.807) is 12.1 Å². The highest BCUT2D eigenvalue weighted by molar-refractivity contribution is 7.90. The fourth-order valence-corrected chi connectivity index (χ4v) is 5.11. The zero-order chi connectivity index (χ0) is 22.9. The molecule has 0 aromatic heterocycles. The first kappa shape index (κ1) is 21.9. The third-order valence-corrected chi connectivity index (χ3v) is 7.22. The van der Waals surface area contributed by atoms with Crippen LogP contribution in [0.15, 0.2) is 82.8 Å². The maximum Gasteiger partial charge on any atom is 0.240 e. The van der Waals surface area contributed by atoms with E-state index >= 15 is 0 Å². The van der Waals surface area contributed by atoms with Gasteiger partial charge in [0.2, 0.25) is 5.91 Å². The van der Waals surface area contributed by atoms with Gasteiger partial charge < -0.3 is 0 Å².